The Bertz CT molecular complexity index is 1230. The van der Waals surface area contributed by atoms with Crippen molar-refractivity contribution in [2.45, 2.75) is 57.4 Å². The van der Waals surface area contributed by atoms with Crippen LogP contribution < -0.4 is 20.1 Å². The molecule has 3 heterocycles. The molecular formula is C28H36N4O6. The first kappa shape index (κ1) is 26.1. The summed E-state index contributed by atoms with van der Waals surface area (Å²) in [6.45, 7) is 4.34. The molecule has 5 N–H and O–H groups in total. The number of piperidine rings is 1. The number of rotatable bonds is 8. The summed E-state index contributed by atoms with van der Waals surface area (Å²) in [4.78, 5) is 30.3. The quantitative estimate of drug-likeness (QED) is 0.355. The smallest absolute Gasteiger partial charge is 0.255 e. The van der Waals surface area contributed by atoms with Gasteiger partial charge in [0.05, 0.1) is 43.2 Å². The highest BCUT2D eigenvalue weighted by Gasteiger charge is 2.36. The summed E-state index contributed by atoms with van der Waals surface area (Å²) in [5, 5.41) is 26.7. The lowest BCUT2D eigenvalue weighted by molar-refractivity contribution is -0.143. The fraction of sp³-hybridized carbons (Fsp3) is 0.500. The largest absolute Gasteiger partial charge is 0.497 e. The Kier molecular flexibility index (Phi) is 7.36. The molecule has 1 unspecified atom stereocenters. The maximum atomic E-state index is 13.5. The molecule has 2 fully saturated rings. The average Bonchev–Trinajstić information content (AvgIpc) is 3.61. The van der Waals surface area contributed by atoms with Crippen molar-refractivity contribution in [2.75, 3.05) is 26.8 Å². The van der Waals surface area contributed by atoms with Gasteiger partial charge < -0.3 is 40.2 Å². The van der Waals surface area contributed by atoms with Gasteiger partial charge in [0.15, 0.2) is 0 Å². The number of carbonyl (C=O) groups is 2. The van der Waals surface area contributed by atoms with E-state index in [1.807, 2.05) is 37.4 Å². The van der Waals surface area contributed by atoms with Crippen molar-refractivity contribution in [1.82, 2.24) is 20.5 Å². The lowest BCUT2D eigenvalue weighted by Gasteiger charge is -2.37. The number of nitrogens with one attached hydrogen (secondary N) is 3. The fourth-order valence-electron chi connectivity index (χ4n) is 5.23. The Labute approximate surface area is 222 Å². The monoisotopic (exact) mass is 524 g/mol. The maximum Gasteiger partial charge on any atom is 0.255 e. The van der Waals surface area contributed by atoms with Gasteiger partial charge in [-0.05, 0) is 63.3 Å². The zero-order valence-corrected chi connectivity index (χ0v) is 22.0. The van der Waals surface area contributed by atoms with Crippen LogP contribution in [0, 0.1) is 5.92 Å². The first-order chi connectivity index (χ1) is 18.3. The predicted molar refractivity (Wildman–Crippen MR) is 140 cm³/mol. The summed E-state index contributed by atoms with van der Waals surface area (Å²) < 4.78 is 11.7. The second-order valence-electron chi connectivity index (χ2n) is 10.4. The van der Waals surface area contributed by atoms with E-state index in [1.165, 1.54) is 24.7 Å². The standard InChI is InChI=1S/C28H36N4O6/c1-15-24(27(35)31-21-9-11-32(13-22(21)34)28(36)16(2)33)26-19(8-10-29-26)25(30-15)20-12-18(37-3)6-7-23(20)38-14-17-4-5-17/h6-8,10,12,16-17,21-22,25,29-30,33-34H,4-5,9,11,13-14H2,1-3H3,(H,31,35)/t16-,21-,22+,25?/m0/s1. The van der Waals surface area contributed by atoms with Crippen LogP contribution >= 0.6 is 0 Å². The highest BCUT2D eigenvalue weighted by atomic mass is 16.5. The van der Waals surface area contributed by atoms with E-state index < -0.39 is 24.2 Å². The summed E-state index contributed by atoms with van der Waals surface area (Å²) in [5.41, 5.74) is 3.70. The lowest BCUT2D eigenvalue weighted by atomic mass is 9.90. The van der Waals surface area contributed by atoms with Gasteiger partial charge in [0, 0.05) is 36.1 Å². The summed E-state index contributed by atoms with van der Waals surface area (Å²) in [5.74, 6) is 1.37. The molecule has 2 amide bonds. The van der Waals surface area contributed by atoms with Gasteiger partial charge in [-0.3, -0.25) is 9.59 Å². The number of carbonyl (C=O) groups excluding carboxylic acids is 2. The molecule has 1 saturated heterocycles. The summed E-state index contributed by atoms with van der Waals surface area (Å²) in [7, 11) is 1.63. The molecule has 1 saturated carbocycles. The van der Waals surface area contributed by atoms with Gasteiger partial charge in [0.2, 0.25) is 0 Å². The molecule has 10 heteroatoms. The van der Waals surface area contributed by atoms with E-state index in [-0.39, 0.29) is 18.5 Å². The molecule has 0 spiro atoms. The van der Waals surface area contributed by atoms with E-state index in [2.05, 4.69) is 15.6 Å². The molecule has 204 valence electrons. The number of allylic oxidation sites excluding steroid dienone is 1. The third kappa shape index (κ3) is 5.23. The molecule has 1 aromatic heterocycles. The predicted octanol–water partition coefficient (Wildman–Crippen LogP) is 1.69. The number of nitrogens with zero attached hydrogens (tertiary/aromatic N) is 1. The molecule has 10 nitrogen and oxygen atoms in total. The number of β-amino-alcohol motifs (C(OH)–C–C–N with tert-alkyl or cyclic N) is 1. The van der Waals surface area contributed by atoms with Crippen molar-refractivity contribution in [2.24, 2.45) is 5.92 Å². The normalized spacial score (nSPS) is 23.8. The van der Waals surface area contributed by atoms with Crippen molar-refractivity contribution < 1.29 is 29.3 Å². The topological polar surface area (TPSA) is 136 Å². The molecule has 0 bridgehead atoms. The van der Waals surface area contributed by atoms with Crippen LogP contribution in [0.1, 0.15) is 56.0 Å². The van der Waals surface area contributed by atoms with E-state index in [1.54, 1.807) is 7.11 Å². The lowest BCUT2D eigenvalue weighted by Crippen LogP contribution is -2.56. The fourth-order valence-corrected chi connectivity index (χ4v) is 5.23. The van der Waals surface area contributed by atoms with Crippen LogP contribution in [0.3, 0.4) is 0 Å². The number of fused-ring (bicyclic) bond motifs is 1. The molecular weight excluding hydrogens is 488 g/mol. The van der Waals surface area contributed by atoms with Crippen LogP contribution in [-0.4, -0.2) is 77.0 Å². The zero-order valence-electron chi connectivity index (χ0n) is 22.0. The number of benzene rings is 1. The summed E-state index contributed by atoms with van der Waals surface area (Å²) >= 11 is 0. The second-order valence-corrected chi connectivity index (χ2v) is 10.4. The summed E-state index contributed by atoms with van der Waals surface area (Å²) in [6.07, 6.45) is 2.52. The number of amides is 2. The molecule has 5 rings (SSSR count). The molecule has 1 aromatic carbocycles. The van der Waals surface area contributed by atoms with Gasteiger partial charge in [-0.15, -0.1) is 0 Å². The minimum absolute atomic E-state index is 0.0558. The van der Waals surface area contributed by atoms with Crippen molar-refractivity contribution >= 4 is 17.4 Å². The number of methoxy groups -OCH3 is 1. The average molecular weight is 525 g/mol. The van der Waals surface area contributed by atoms with Crippen molar-refractivity contribution in [3.05, 3.63) is 53.0 Å². The first-order valence-corrected chi connectivity index (χ1v) is 13.2. The van der Waals surface area contributed by atoms with Gasteiger partial charge in [-0.25, -0.2) is 0 Å². The molecule has 38 heavy (non-hydrogen) atoms. The maximum absolute atomic E-state index is 13.5. The SMILES string of the molecule is COc1ccc(OCC2CC2)c(C2NC(C)=C(C(=O)N[C@H]3CCN(C(=O)[C@H](C)O)C[C@H]3O)c3[nH]ccc32)c1. The zero-order chi connectivity index (χ0) is 27.0. The minimum atomic E-state index is -1.13. The van der Waals surface area contributed by atoms with Crippen LogP contribution in [-0.2, 0) is 9.59 Å². The number of aromatic nitrogens is 1. The van der Waals surface area contributed by atoms with Gasteiger partial charge >= 0.3 is 0 Å². The van der Waals surface area contributed by atoms with Gasteiger partial charge in [0.25, 0.3) is 11.8 Å². The first-order valence-electron chi connectivity index (χ1n) is 13.2. The Balaban J connectivity index is 1.36. The van der Waals surface area contributed by atoms with Crippen molar-refractivity contribution in [3.8, 4) is 11.5 Å². The number of aliphatic hydroxyl groups is 2. The number of likely N-dealkylation sites (tertiary alicyclic amines) is 1. The number of hydrogen-bond acceptors (Lipinski definition) is 7. The minimum Gasteiger partial charge on any atom is -0.497 e. The van der Waals surface area contributed by atoms with Crippen LogP contribution in [0.5, 0.6) is 11.5 Å². The van der Waals surface area contributed by atoms with E-state index in [4.69, 9.17) is 9.47 Å². The van der Waals surface area contributed by atoms with E-state index in [0.717, 1.165) is 22.6 Å². The van der Waals surface area contributed by atoms with Gasteiger partial charge in [-0.2, -0.15) is 0 Å². The third-order valence-corrected chi connectivity index (χ3v) is 7.57. The van der Waals surface area contributed by atoms with E-state index in [0.29, 0.717) is 42.5 Å². The van der Waals surface area contributed by atoms with Gasteiger partial charge in [0.1, 0.15) is 17.6 Å². The van der Waals surface area contributed by atoms with Gasteiger partial charge in [-0.1, -0.05) is 0 Å². The molecule has 2 aromatic rings. The van der Waals surface area contributed by atoms with E-state index >= 15 is 0 Å². The van der Waals surface area contributed by atoms with Crippen molar-refractivity contribution in [3.63, 3.8) is 0 Å². The molecule has 2 aliphatic heterocycles. The van der Waals surface area contributed by atoms with Crippen LogP contribution in [0.15, 0.2) is 36.2 Å². The highest BCUT2D eigenvalue weighted by Crippen LogP contribution is 2.41. The summed E-state index contributed by atoms with van der Waals surface area (Å²) in [6, 6.07) is 6.97. The number of hydrogen-bond donors (Lipinski definition) is 5. The molecule has 3 aliphatic rings. The van der Waals surface area contributed by atoms with Crippen LogP contribution in [0.2, 0.25) is 0 Å². The Morgan fingerprint density at radius 1 is 1.21 bits per heavy atom. The molecule has 4 atom stereocenters. The third-order valence-electron chi connectivity index (χ3n) is 7.57. The molecule has 1 aliphatic carbocycles. The number of aliphatic hydroxyl groups excluding tert-OH is 2. The number of H-pyrrole nitrogens is 1. The highest BCUT2D eigenvalue weighted by molar-refractivity contribution is 6.20. The number of aromatic amines is 1. The Morgan fingerprint density at radius 2 is 2.00 bits per heavy atom. The molecule has 0 radical (unpaired) electrons. The Morgan fingerprint density at radius 3 is 2.68 bits per heavy atom. The van der Waals surface area contributed by atoms with Crippen molar-refractivity contribution in [1.29, 1.82) is 0 Å². The Hall–Kier alpha value is -3.50. The van der Waals surface area contributed by atoms with E-state index in [9.17, 15) is 19.8 Å². The second kappa shape index (κ2) is 10.7. The van der Waals surface area contributed by atoms with Crippen LogP contribution in [0.25, 0.3) is 5.57 Å². The number of ether oxygens (including phenoxy) is 2. The van der Waals surface area contributed by atoms with Crippen LogP contribution in [0.4, 0.5) is 0 Å².